The molecule has 1 amide bonds. The summed E-state index contributed by atoms with van der Waals surface area (Å²) in [5, 5.41) is 3.86. The molecule has 0 aliphatic carbocycles. The molecule has 0 aromatic carbocycles. The van der Waals surface area contributed by atoms with Gasteiger partial charge >= 0.3 is 0 Å². The van der Waals surface area contributed by atoms with Crippen molar-refractivity contribution in [3.8, 4) is 0 Å². The van der Waals surface area contributed by atoms with Crippen molar-refractivity contribution in [3.05, 3.63) is 11.3 Å². The molecule has 0 spiro atoms. The quantitative estimate of drug-likeness (QED) is 0.867. The largest absolute Gasteiger partial charge is 0.378 e. The molecule has 0 saturated carbocycles. The van der Waals surface area contributed by atoms with Crippen molar-refractivity contribution in [1.82, 2.24) is 9.27 Å². The molecule has 6 heteroatoms. The maximum atomic E-state index is 12.4. The number of morpholine rings is 1. The van der Waals surface area contributed by atoms with E-state index >= 15 is 0 Å². The van der Waals surface area contributed by atoms with Gasteiger partial charge in [-0.2, -0.15) is 4.37 Å². The fourth-order valence-corrected chi connectivity index (χ4v) is 2.69. The molecule has 2 rings (SSSR count). The highest BCUT2D eigenvalue weighted by Gasteiger charge is 2.26. The van der Waals surface area contributed by atoms with E-state index in [0.717, 1.165) is 10.7 Å². The van der Waals surface area contributed by atoms with Crippen LogP contribution in [0.25, 0.3) is 0 Å². The molecule has 2 heterocycles. The second kappa shape index (κ2) is 5.01. The number of aromatic nitrogens is 1. The predicted octanol–water partition coefficient (Wildman–Crippen LogP) is 1.35. The molecule has 1 atom stereocenters. The lowest BCUT2D eigenvalue weighted by Crippen LogP contribution is -2.44. The van der Waals surface area contributed by atoms with E-state index in [1.165, 1.54) is 11.5 Å². The van der Waals surface area contributed by atoms with Gasteiger partial charge in [0.15, 0.2) is 0 Å². The first-order chi connectivity index (χ1) is 8.13. The zero-order valence-electron chi connectivity index (χ0n) is 10.3. The minimum Gasteiger partial charge on any atom is -0.378 e. The van der Waals surface area contributed by atoms with Crippen LogP contribution in [-0.2, 0) is 4.74 Å². The molecule has 1 aliphatic heterocycles. The van der Waals surface area contributed by atoms with Gasteiger partial charge in [-0.25, -0.2) is 0 Å². The molecule has 5 nitrogen and oxygen atoms in total. The lowest BCUT2D eigenvalue weighted by atomic mass is 10.2. The van der Waals surface area contributed by atoms with Crippen LogP contribution in [0.2, 0.25) is 0 Å². The Kier molecular flexibility index (Phi) is 3.63. The van der Waals surface area contributed by atoms with Crippen LogP contribution in [0.5, 0.6) is 0 Å². The number of aryl methyl sites for hydroxylation is 1. The van der Waals surface area contributed by atoms with Gasteiger partial charge in [0.1, 0.15) is 5.00 Å². The first-order valence-electron chi connectivity index (χ1n) is 5.68. The van der Waals surface area contributed by atoms with Crippen molar-refractivity contribution in [3.63, 3.8) is 0 Å². The molecule has 0 unspecified atom stereocenters. The molecule has 0 radical (unpaired) electrons. The summed E-state index contributed by atoms with van der Waals surface area (Å²) in [5.74, 6) is 0.0516. The first-order valence-corrected chi connectivity index (χ1v) is 6.45. The van der Waals surface area contributed by atoms with E-state index in [4.69, 9.17) is 4.74 Å². The Morgan fingerprint density at radius 3 is 3.06 bits per heavy atom. The van der Waals surface area contributed by atoms with Crippen LogP contribution in [0.4, 0.5) is 5.00 Å². The summed E-state index contributed by atoms with van der Waals surface area (Å²) in [5.41, 5.74) is 1.50. The normalized spacial score (nSPS) is 20.4. The summed E-state index contributed by atoms with van der Waals surface area (Å²) in [7, 11) is 1.81. The topological polar surface area (TPSA) is 54.5 Å². The fraction of sp³-hybridized carbons (Fsp3) is 0.636. The Balaban J connectivity index is 2.21. The van der Waals surface area contributed by atoms with Gasteiger partial charge in [-0.05, 0) is 25.4 Å². The highest BCUT2D eigenvalue weighted by molar-refractivity contribution is 7.10. The standard InChI is InChI=1S/C11H17N3O2S/c1-7-6-14(4-5-16-7)11(15)9-8(2)13-17-10(9)12-3/h7,12H,4-6H2,1-3H3/t7-/m0/s1. The monoisotopic (exact) mass is 255 g/mol. The summed E-state index contributed by atoms with van der Waals surface area (Å²) in [6.07, 6.45) is 0.109. The number of carbonyl (C=O) groups excluding carboxylic acids is 1. The molecule has 94 valence electrons. The number of amides is 1. The van der Waals surface area contributed by atoms with Gasteiger partial charge < -0.3 is 15.0 Å². The van der Waals surface area contributed by atoms with Gasteiger partial charge in [0.2, 0.25) is 0 Å². The molecule has 1 saturated heterocycles. The summed E-state index contributed by atoms with van der Waals surface area (Å²) in [6.45, 7) is 5.77. The van der Waals surface area contributed by atoms with Crippen LogP contribution in [0.1, 0.15) is 23.0 Å². The minimum absolute atomic E-state index is 0.0516. The third-order valence-electron chi connectivity index (χ3n) is 2.83. The van der Waals surface area contributed by atoms with Crippen LogP contribution in [-0.4, -0.2) is 48.0 Å². The number of nitrogens with one attached hydrogen (secondary N) is 1. The van der Waals surface area contributed by atoms with E-state index in [2.05, 4.69) is 9.69 Å². The number of hydrogen-bond donors (Lipinski definition) is 1. The molecule has 1 aliphatic rings. The lowest BCUT2D eigenvalue weighted by molar-refractivity contribution is -0.0124. The number of hydrogen-bond acceptors (Lipinski definition) is 5. The van der Waals surface area contributed by atoms with Crippen molar-refractivity contribution < 1.29 is 9.53 Å². The van der Waals surface area contributed by atoms with E-state index in [1.54, 1.807) is 0 Å². The zero-order valence-corrected chi connectivity index (χ0v) is 11.1. The molecule has 1 fully saturated rings. The van der Waals surface area contributed by atoms with Crippen LogP contribution >= 0.6 is 11.5 Å². The zero-order chi connectivity index (χ0) is 12.4. The second-order valence-electron chi connectivity index (χ2n) is 4.15. The summed E-state index contributed by atoms with van der Waals surface area (Å²) >= 11 is 1.33. The molecule has 17 heavy (non-hydrogen) atoms. The Labute approximate surface area is 105 Å². The van der Waals surface area contributed by atoms with Gasteiger partial charge in [0.25, 0.3) is 5.91 Å². The molecule has 0 bridgehead atoms. The third kappa shape index (κ3) is 2.42. The van der Waals surface area contributed by atoms with E-state index in [1.807, 2.05) is 25.8 Å². The van der Waals surface area contributed by atoms with Crippen LogP contribution in [0.15, 0.2) is 0 Å². The number of carbonyl (C=O) groups is 1. The molecular weight excluding hydrogens is 238 g/mol. The number of anilines is 1. The van der Waals surface area contributed by atoms with Crippen molar-refractivity contribution >= 4 is 22.4 Å². The smallest absolute Gasteiger partial charge is 0.258 e. The fourth-order valence-electron chi connectivity index (χ4n) is 1.95. The highest BCUT2D eigenvalue weighted by atomic mass is 32.1. The summed E-state index contributed by atoms with van der Waals surface area (Å²) in [4.78, 5) is 14.2. The van der Waals surface area contributed by atoms with Crippen LogP contribution in [0.3, 0.4) is 0 Å². The van der Waals surface area contributed by atoms with Crippen LogP contribution in [0, 0.1) is 6.92 Å². The third-order valence-corrected chi connectivity index (χ3v) is 3.79. The van der Waals surface area contributed by atoms with Crippen molar-refractivity contribution in [2.24, 2.45) is 0 Å². The van der Waals surface area contributed by atoms with Gasteiger partial charge in [-0.15, -0.1) is 0 Å². The molecule has 1 aromatic heterocycles. The van der Waals surface area contributed by atoms with Crippen LogP contribution < -0.4 is 5.32 Å². The maximum absolute atomic E-state index is 12.4. The lowest BCUT2D eigenvalue weighted by Gasteiger charge is -2.31. The highest BCUT2D eigenvalue weighted by Crippen LogP contribution is 2.25. The summed E-state index contributed by atoms with van der Waals surface area (Å²) < 4.78 is 9.66. The SMILES string of the molecule is CNc1snc(C)c1C(=O)N1CCO[C@@H](C)C1. The average Bonchev–Trinajstić information content (AvgIpc) is 2.69. The van der Waals surface area contributed by atoms with Gasteiger partial charge in [0.05, 0.1) is 24.0 Å². The predicted molar refractivity (Wildman–Crippen MR) is 67.7 cm³/mol. The van der Waals surface area contributed by atoms with Gasteiger partial charge in [-0.3, -0.25) is 4.79 Å². The molecular formula is C11H17N3O2S. The van der Waals surface area contributed by atoms with Crippen molar-refractivity contribution in [1.29, 1.82) is 0 Å². The number of nitrogens with zero attached hydrogens (tertiary/aromatic N) is 2. The summed E-state index contributed by atoms with van der Waals surface area (Å²) in [6, 6.07) is 0. The molecule has 1 aromatic rings. The average molecular weight is 255 g/mol. The van der Waals surface area contributed by atoms with Gasteiger partial charge in [0, 0.05) is 20.1 Å². The Bertz CT molecular complexity index is 419. The van der Waals surface area contributed by atoms with Gasteiger partial charge in [-0.1, -0.05) is 0 Å². The number of rotatable bonds is 2. The Morgan fingerprint density at radius 1 is 1.65 bits per heavy atom. The number of ether oxygens (including phenoxy) is 1. The Hall–Kier alpha value is -1.14. The maximum Gasteiger partial charge on any atom is 0.258 e. The van der Waals surface area contributed by atoms with Crippen molar-refractivity contribution in [2.75, 3.05) is 32.1 Å². The van der Waals surface area contributed by atoms with E-state index in [9.17, 15) is 4.79 Å². The first kappa shape index (κ1) is 12.3. The van der Waals surface area contributed by atoms with E-state index in [-0.39, 0.29) is 12.0 Å². The molecule has 1 N–H and O–H groups in total. The van der Waals surface area contributed by atoms with E-state index < -0.39 is 0 Å². The second-order valence-corrected chi connectivity index (χ2v) is 4.93. The van der Waals surface area contributed by atoms with E-state index in [0.29, 0.717) is 25.3 Å². The van der Waals surface area contributed by atoms with Crippen molar-refractivity contribution in [2.45, 2.75) is 20.0 Å². The minimum atomic E-state index is 0.0516. The Morgan fingerprint density at radius 2 is 2.41 bits per heavy atom.